The number of nitrogens with one attached hydrogen (secondary N) is 1. The molecular formula is C21H20N2O2S. The third-order valence-electron chi connectivity index (χ3n) is 4.45. The van der Waals surface area contributed by atoms with Crippen LogP contribution in [0.3, 0.4) is 0 Å². The lowest BCUT2D eigenvalue weighted by Gasteiger charge is -2.24. The van der Waals surface area contributed by atoms with Crippen molar-refractivity contribution in [3.8, 4) is 10.6 Å². The highest BCUT2D eigenvalue weighted by atomic mass is 32.1. The van der Waals surface area contributed by atoms with Crippen molar-refractivity contribution in [1.82, 2.24) is 10.3 Å². The molecule has 1 aliphatic heterocycles. The standard InChI is InChI=1S/C21H20N2O2S/c24-18(20-14-23-21(26-20)17-4-2-1-3-5-17)12-15-6-8-16(9-7-15)19-13-22-10-11-25-19/h1-9,14,19,22H,10-13H2. The van der Waals surface area contributed by atoms with Crippen LogP contribution in [0.2, 0.25) is 0 Å². The number of hydrogen-bond donors (Lipinski definition) is 1. The zero-order chi connectivity index (χ0) is 17.8. The number of carbonyl (C=O) groups is 1. The van der Waals surface area contributed by atoms with Crippen LogP contribution in [0, 0.1) is 0 Å². The summed E-state index contributed by atoms with van der Waals surface area (Å²) in [5, 5.41) is 4.21. The second-order valence-electron chi connectivity index (χ2n) is 6.30. The van der Waals surface area contributed by atoms with Crippen molar-refractivity contribution in [1.29, 1.82) is 0 Å². The SMILES string of the molecule is O=C(Cc1ccc(C2CNCCO2)cc1)c1cnc(-c2ccccc2)s1. The summed E-state index contributed by atoms with van der Waals surface area (Å²) in [5.74, 6) is 0.105. The average molecular weight is 364 g/mol. The van der Waals surface area contributed by atoms with Crippen LogP contribution in [-0.2, 0) is 11.2 Å². The maximum atomic E-state index is 12.6. The van der Waals surface area contributed by atoms with E-state index >= 15 is 0 Å². The van der Waals surface area contributed by atoms with Gasteiger partial charge in [0, 0.05) is 31.3 Å². The molecular weight excluding hydrogens is 344 g/mol. The Morgan fingerprint density at radius 1 is 1.15 bits per heavy atom. The van der Waals surface area contributed by atoms with Gasteiger partial charge in [0.05, 0.1) is 17.6 Å². The average Bonchev–Trinajstić information content (AvgIpc) is 3.20. The van der Waals surface area contributed by atoms with Crippen LogP contribution in [0.25, 0.3) is 10.6 Å². The number of Topliss-reactive ketones (excluding diaryl/α,β-unsaturated/α-hetero) is 1. The first-order chi connectivity index (χ1) is 12.8. The van der Waals surface area contributed by atoms with E-state index in [9.17, 15) is 4.79 Å². The lowest BCUT2D eigenvalue weighted by atomic mass is 10.0. The van der Waals surface area contributed by atoms with E-state index in [0.717, 1.165) is 41.4 Å². The van der Waals surface area contributed by atoms with E-state index in [2.05, 4.69) is 22.4 Å². The summed E-state index contributed by atoms with van der Waals surface area (Å²) in [6.07, 6.45) is 2.18. The van der Waals surface area contributed by atoms with E-state index < -0.39 is 0 Å². The number of morpholine rings is 1. The van der Waals surface area contributed by atoms with Crippen LogP contribution in [0.4, 0.5) is 0 Å². The predicted octanol–water partition coefficient (Wildman–Crippen LogP) is 3.90. The minimum Gasteiger partial charge on any atom is -0.371 e. The zero-order valence-corrected chi connectivity index (χ0v) is 15.2. The molecule has 0 aliphatic carbocycles. The van der Waals surface area contributed by atoms with Gasteiger partial charge in [-0.1, -0.05) is 54.6 Å². The monoisotopic (exact) mass is 364 g/mol. The van der Waals surface area contributed by atoms with Gasteiger partial charge in [0.25, 0.3) is 0 Å². The first kappa shape index (κ1) is 17.1. The lowest BCUT2D eigenvalue weighted by Crippen LogP contribution is -2.33. The minimum atomic E-state index is 0.100. The summed E-state index contributed by atoms with van der Waals surface area (Å²) in [4.78, 5) is 17.7. The molecule has 0 saturated carbocycles. The van der Waals surface area contributed by atoms with Crippen molar-refractivity contribution >= 4 is 17.1 Å². The van der Waals surface area contributed by atoms with Crippen LogP contribution in [0.1, 0.15) is 26.9 Å². The fourth-order valence-electron chi connectivity index (χ4n) is 3.02. The quantitative estimate of drug-likeness (QED) is 0.698. The third-order valence-corrected chi connectivity index (χ3v) is 5.53. The second kappa shape index (κ2) is 7.91. The van der Waals surface area contributed by atoms with E-state index in [1.807, 2.05) is 42.5 Å². The Morgan fingerprint density at radius 3 is 2.69 bits per heavy atom. The molecule has 0 spiro atoms. The Bertz CT molecular complexity index is 869. The van der Waals surface area contributed by atoms with Crippen molar-refractivity contribution in [3.63, 3.8) is 0 Å². The summed E-state index contributed by atoms with van der Waals surface area (Å²) in [6.45, 7) is 2.48. The molecule has 5 heteroatoms. The maximum absolute atomic E-state index is 12.6. The minimum absolute atomic E-state index is 0.100. The molecule has 1 unspecified atom stereocenters. The van der Waals surface area contributed by atoms with Gasteiger partial charge in [0.15, 0.2) is 5.78 Å². The molecule has 26 heavy (non-hydrogen) atoms. The molecule has 0 radical (unpaired) electrons. The molecule has 1 aliphatic rings. The van der Waals surface area contributed by atoms with Crippen molar-refractivity contribution < 1.29 is 9.53 Å². The summed E-state index contributed by atoms with van der Waals surface area (Å²) >= 11 is 1.45. The van der Waals surface area contributed by atoms with Gasteiger partial charge in [-0.25, -0.2) is 4.98 Å². The van der Waals surface area contributed by atoms with Gasteiger partial charge in [0.2, 0.25) is 0 Å². The topological polar surface area (TPSA) is 51.2 Å². The molecule has 1 saturated heterocycles. The Morgan fingerprint density at radius 2 is 1.96 bits per heavy atom. The Labute approximate surface area is 156 Å². The molecule has 1 fully saturated rings. The smallest absolute Gasteiger partial charge is 0.178 e. The maximum Gasteiger partial charge on any atom is 0.178 e. The van der Waals surface area contributed by atoms with Crippen molar-refractivity contribution in [2.75, 3.05) is 19.7 Å². The molecule has 2 heterocycles. The van der Waals surface area contributed by atoms with Crippen LogP contribution in [-0.4, -0.2) is 30.5 Å². The summed E-state index contributed by atoms with van der Waals surface area (Å²) in [5.41, 5.74) is 3.21. The first-order valence-corrected chi connectivity index (χ1v) is 9.57. The first-order valence-electron chi connectivity index (χ1n) is 8.75. The van der Waals surface area contributed by atoms with Crippen LogP contribution < -0.4 is 5.32 Å². The second-order valence-corrected chi connectivity index (χ2v) is 7.33. The number of thiazole rings is 1. The van der Waals surface area contributed by atoms with Gasteiger partial charge in [0.1, 0.15) is 5.01 Å². The summed E-state index contributed by atoms with van der Waals surface area (Å²) in [7, 11) is 0. The number of ether oxygens (including phenoxy) is 1. The zero-order valence-electron chi connectivity index (χ0n) is 14.4. The number of ketones is 1. The van der Waals surface area contributed by atoms with Crippen LogP contribution in [0.5, 0.6) is 0 Å². The molecule has 4 rings (SSSR count). The normalized spacial score (nSPS) is 17.2. The van der Waals surface area contributed by atoms with E-state index in [4.69, 9.17) is 4.74 Å². The molecule has 132 valence electrons. The fourth-order valence-corrected chi connectivity index (χ4v) is 3.88. The van der Waals surface area contributed by atoms with Gasteiger partial charge in [-0.3, -0.25) is 4.79 Å². The lowest BCUT2D eigenvalue weighted by molar-refractivity contribution is 0.0277. The molecule has 4 nitrogen and oxygen atoms in total. The molecule has 1 N–H and O–H groups in total. The van der Waals surface area contributed by atoms with E-state index in [1.54, 1.807) is 6.20 Å². The van der Waals surface area contributed by atoms with Gasteiger partial charge in [-0.15, -0.1) is 11.3 Å². The van der Waals surface area contributed by atoms with E-state index in [1.165, 1.54) is 11.3 Å². The Kier molecular flexibility index (Phi) is 5.20. The molecule has 3 aromatic rings. The molecule has 1 atom stereocenters. The third kappa shape index (κ3) is 3.90. The summed E-state index contributed by atoms with van der Waals surface area (Å²) < 4.78 is 5.76. The number of benzene rings is 2. The molecule has 0 bridgehead atoms. The van der Waals surface area contributed by atoms with Crippen molar-refractivity contribution in [2.45, 2.75) is 12.5 Å². The van der Waals surface area contributed by atoms with Crippen LogP contribution in [0.15, 0.2) is 60.8 Å². The van der Waals surface area contributed by atoms with Gasteiger partial charge >= 0.3 is 0 Å². The fraction of sp³-hybridized carbons (Fsp3) is 0.238. The number of carbonyl (C=O) groups excluding carboxylic acids is 1. The largest absolute Gasteiger partial charge is 0.371 e. The van der Waals surface area contributed by atoms with Crippen molar-refractivity contribution in [3.05, 3.63) is 76.8 Å². The van der Waals surface area contributed by atoms with Crippen LogP contribution >= 0.6 is 11.3 Å². The molecule has 1 aromatic heterocycles. The Hall–Kier alpha value is -2.34. The number of rotatable bonds is 5. The molecule has 2 aromatic carbocycles. The van der Waals surface area contributed by atoms with E-state index in [-0.39, 0.29) is 11.9 Å². The highest BCUT2D eigenvalue weighted by Gasteiger charge is 2.16. The predicted molar refractivity (Wildman–Crippen MR) is 104 cm³/mol. The summed E-state index contributed by atoms with van der Waals surface area (Å²) in [6, 6.07) is 18.1. The van der Waals surface area contributed by atoms with Gasteiger partial charge in [-0.2, -0.15) is 0 Å². The van der Waals surface area contributed by atoms with Crippen molar-refractivity contribution in [2.24, 2.45) is 0 Å². The number of nitrogens with zero attached hydrogens (tertiary/aromatic N) is 1. The van der Waals surface area contributed by atoms with E-state index in [0.29, 0.717) is 11.3 Å². The highest BCUT2D eigenvalue weighted by molar-refractivity contribution is 7.16. The van der Waals surface area contributed by atoms with Gasteiger partial charge < -0.3 is 10.1 Å². The van der Waals surface area contributed by atoms with Gasteiger partial charge in [-0.05, 0) is 11.1 Å². The highest BCUT2D eigenvalue weighted by Crippen LogP contribution is 2.26. The number of aromatic nitrogens is 1. The molecule has 0 amide bonds. The number of hydrogen-bond acceptors (Lipinski definition) is 5. The Balaban J connectivity index is 1.42.